The number of hydrogen-bond donors (Lipinski definition) is 2. The number of rotatable bonds is 8. The fourth-order valence-electron chi connectivity index (χ4n) is 1.39. The first-order valence-electron chi connectivity index (χ1n) is 6.29. The first-order chi connectivity index (χ1) is 8.60. The molecule has 0 radical (unpaired) electrons. The molecule has 5 nitrogen and oxygen atoms in total. The Kier molecular flexibility index (Phi) is 6.07. The summed E-state index contributed by atoms with van der Waals surface area (Å²) in [4.78, 5) is 4.34. The number of aromatic nitrogens is 1. The Morgan fingerprint density at radius 1 is 1.22 bits per heavy atom. The molecular weight excluding hydrogens is 250 g/mol. The number of hydrogen-bond acceptors (Lipinski definition) is 4. The Morgan fingerprint density at radius 2 is 2.00 bits per heavy atom. The number of anilines is 1. The maximum absolute atomic E-state index is 12.0. The number of pyridine rings is 1. The molecule has 0 aromatic carbocycles. The summed E-state index contributed by atoms with van der Waals surface area (Å²) in [6.45, 7) is 5.31. The standard InChI is InChI=1S/C12H21N3O2S/c1-3-5-8-15-18(16,17)11-6-9-14-12(10-11)13-7-4-2/h6,9-10,15H,3-5,7-8H2,1-2H3,(H,13,14). The highest BCUT2D eigenvalue weighted by molar-refractivity contribution is 7.89. The molecule has 0 atom stereocenters. The monoisotopic (exact) mass is 271 g/mol. The van der Waals surface area contributed by atoms with Crippen LogP contribution in [0.1, 0.15) is 33.1 Å². The van der Waals surface area contributed by atoms with Crippen molar-refractivity contribution in [1.82, 2.24) is 9.71 Å². The van der Waals surface area contributed by atoms with Crippen molar-refractivity contribution >= 4 is 15.8 Å². The van der Waals surface area contributed by atoms with Crippen LogP contribution in [0, 0.1) is 0 Å². The normalized spacial score (nSPS) is 11.4. The second kappa shape index (κ2) is 7.33. The molecule has 0 spiro atoms. The zero-order chi connectivity index (χ0) is 13.4. The number of sulfonamides is 1. The summed E-state index contributed by atoms with van der Waals surface area (Å²) in [7, 11) is -3.41. The summed E-state index contributed by atoms with van der Waals surface area (Å²) in [5.74, 6) is 0.593. The van der Waals surface area contributed by atoms with Crippen molar-refractivity contribution in [3.8, 4) is 0 Å². The minimum Gasteiger partial charge on any atom is -0.370 e. The molecule has 0 fully saturated rings. The molecule has 1 aromatic rings. The third-order valence-electron chi connectivity index (χ3n) is 2.42. The third kappa shape index (κ3) is 4.62. The smallest absolute Gasteiger partial charge is 0.240 e. The van der Waals surface area contributed by atoms with Gasteiger partial charge in [0.1, 0.15) is 5.82 Å². The SMILES string of the molecule is CCCCNS(=O)(=O)c1ccnc(NCCC)c1. The van der Waals surface area contributed by atoms with Crippen LogP contribution in [0.5, 0.6) is 0 Å². The summed E-state index contributed by atoms with van der Waals surface area (Å²) < 4.78 is 26.5. The highest BCUT2D eigenvalue weighted by atomic mass is 32.2. The Labute approximate surface area is 109 Å². The molecule has 0 saturated carbocycles. The molecule has 0 aliphatic rings. The number of nitrogens with one attached hydrogen (secondary N) is 2. The zero-order valence-corrected chi connectivity index (χ0v) is 11.8. The van der Waals surface area contributed by atoms with Crippen LogP contribution in [-0.2, 0) is 10.0 Å². The van der Waals surface area contributed by atoms with Gasteiger partial charge in [0.15, 0.2) is 0 Å². The van der Waals surface area contributed by atoms with Gasteiger partial charge in [-0.1, -0.05) is 20.3 Å². The summed E-state index contributed by atoms with van der Waals surface area (Å²) in [6, 6.07) is 3.06. The van der Waals surface area contributed by atoms with Crippen molar-refractivity contribution in [2.45, 2.75) is 38.0 Å². The highest BCUT2D eigenvalue weighted by Gasteiger charge is 2.13. The Balaban J connectivity index is 2.75. The fourth-order valence-corrected chi connectivity index (χ4v) is 2.48. The van der Waals surface area contributed by atoms with Gasteiger partial charge in [-0.05, 0) is 18.9 Å². The predicted molar refractivity (Wildman–Crippen MR) is 73.1 cm³/mol. The summed E-state index contributed by atoms with van der Waals surface area (Å²) in [5, 5.41) is 3.07. The van der Waals surface area contributed by atoms with Crippen LogP contribution in [0.4, 0.5) is 5.82 Å². The topological polar surface area (TPSA) is 71.1 Å². The van der Waals surface area contributed by atoms with Gasteiger partial charge < -0.3 is 5.32 Å². The lowest BCUT2D eigenvalue weighted by Gasteiger charge is -2.08. The summed E-state index contributed by atoms with van der Waals surface area (Å²) in [5.41, 5.74) is 0. The minimum absolute atomic E-state index is 0.257. The summed E-state index contributed by atoms with van der Waals surface area (Å²) in [6.07, 6.45) is 4.27. The van der Waals surface area contributed by atoms with Crippen LogP contribution in [0.15, 0.2) is 23.2 Å². The van der Waals surface area contributed by atoms with Gasteiger partial charge >= 0.3 is 0 Å². The van der Waals surface area contributed by atoms with Crippen LogP contribution in [0.2, 0.25) is 0 Å². The van der Waals surface area contributed by atoms with Crippen LogP contribution in [0.25, 0.3) is 0 Å². The molecule has 1 rings (SSSR count). The molecule has 2 N–H and O–H groups in total. The van der Waals surface area contributed by atoms with E-state index in [1.807, 2.05) is 13.8 Å². The van der Waals surface area contributed by atoms with E-state index in [2.05, 4.69) is 15.0 Å². The van der Waals surface area contributed by atoms with Gasteiger partial charge in [0.2, 0.25) is 10.0 Å². The van der Waals surface area contributed by atoms with Crippen molar-refractivity contribution in [2.24, 2.45) is 0 Å². The van der Waals surface area contributed by atoms with Gasteiger partial charge in [-0.3, -0.25) is 0 Å². The quantitative estimate of drug-likeness (QED) is 0.709. The molecule has 1 heterocycles. The lowest BCUT2D eigenvalue weighted by Crippen LogP contribution is -2.24. The molecule has 0 amide bonds. The van der Waals surface area contributed by atoms with Crippen molar-refractivity contribution < 1.29 is 8.42 Å². The van der Waals surface area contributed by atoms with E-state index in [1.165, 1.54) is 12.3 Å². The molecule has 1 aromatic heterocycles. The van der Waals surface area contributed by atoms with Crippen LogP contribution in [-0.4, -0.2) is 26.5 Å². The fraction of sp³-hybridized carbons (Fsp3) is 0.583. The molecule has 6 heteroatoms. The molecule has 18 heavy (non-hydrogen) atoms. The van der Waals surface area contributed by atoms with Crippen LogP contribution < -0.4 is 10.0 Å². The van der Waals surface area contributed by atoms with E-state index >= 15 is 0 Å². The molecule has 0 aliphatic heterocycles. The van der Waals surface area contributed by atoms with Gasteiger partial charge in [-0.15, -0.1) is 0 Å². The van der Waals surface area contributed by atoms with Crippen LogP contribution >= 0.6 is 0 Å². The summed E-state index contributed by atoms with van der Waals surface area (Å²) >= 11 is 0. The van der Waals surface area contributed by atoms with Gasteiger partial charge in [0.25, 0.3) is 0 Å². The first-order valence-corrected chi connectivity index (χ1v) is 7.78. The number of nitrogens with zero attached hydrogens (tertiary/aromatic N) is 1. The van der Waals surface area contributed by atoms with E-state index < -0.39 is 10.0 Å². The van der Waals surface area contributed by atoms with Crippen molar-refractivity contribution in [2.75, 3.05) is 18.4 Å². The van der Waals surface area contributed by atoms with Crippen molar-refractivity contribution in [3.63, 3.8) is 0 Å². The average molecular weight is 271 g/mol. The Hall–Kier alpha value is -1.14. The van der Waals surface area contributed by atoms with Crippen molar-refractivity contribution in [1.29, 1.82) is 0 Å². The van der Waals surface area contributed by atoms with Crippen molar-refractivity contribution in [3.05, 3.63) is 18.3 Å². The van der Waals surface area contributed by atoms with Gasteiger partial charge in [-0.25, -0.2) is 18.1 Å². The second-order valence-electron chi connectivity index (χ2n) is 4.05. The van der Waals surface area contributed by atoms with Gasteiger partial charge in [0.05, 0.1) is 4.90 Å². The van der Waals surface area contributed by atoms with Crippen LogP contribution in [0.3, 0.4) is 0 Å². The van der Waals surface area contributed by atoms with E-state index in [0.29, 0.717) is 12.4 Å². The molecular formula is C12H21N3O2S. The lowest BCUT2D eigenvalue weighted by molar-refractivity contribution is 0.578. The molecule has 102 valence electrons. The van der Waals surface area contributed by atoms with E-state index in [-0.39, 0.29) is 4.90 Å². The Morgan fingerprint density at radius 3 is 2.67 bits per heavy atom. The maximum Gasteiger partial charge on any atom is 0.240 e. The van der Waals surface area contributed by atoms with Gasteiger partial charge in [-0.2, -0.15) is 0 Å². The Bertz CT molecular complexity index is 460. The molecule has 0 aliphatic carbocycles. The largest absolute Gasteiger partial charge is 0.370 e. The highest BCUT2D eigenvalue weighted by Crippen LogP contribution is 2.12. The van der Waals surface area contributed by atoms with Gasteiger partial charge in [0, 0.05) is 25.4 Å². The maximum atomic E-state index is 12.0. The van der Waals surface area contributed by atoms with E-state index in [1.54, 1.807) is 6.07 Å². The zero-order valence-electron chi connectivity index (χ0n) is 10.9. The first kappa shape index (κ1) is 14.9. The molecule has 0 unspecified atom stereocenters. The average Bonchev–Trinajstić information content (AvgIpc) is 2.37. The van der Waals surface area contributed by atoms with E-state index in [9.17, 15) is 8.42 Å². The predicted octanol–water partition coefficient (Wildman–Crippen LogP) is 1.98. The number of unbranched alkanes of at least 4 members (excludes halogenated alkanes) is 1. The second-order valence-corrected chi connectivity index (χ2v) is 5.82. The minimum atomic E-state index is -3.41. The third-order valence-corrected chi connectivity index (χ3v) is 3.88. The molecule has 0 bridgehead atoms. The molecule has 0 saturated heterocycles. The lowest BCUT2D eigenvalue weighted by atomic mass is 10.3. The van der Waals surface area contributed by atoms with E-state index in [4.69, 9.17) is 0 Å². The van der Waals surface area contributed by atoms with E-state index in [0.717, 1.165) is 25.8 Å².